The van der Waals surface area contributed by atoms with E-state index in [0.29, 0.717) is 24.5 Å². The molecule has 2 heterocycles. The average molecular weight is 436 g/mol. The first-order valence-corrected chi connectivity index (χ1v) is 10.7. The first-order chi connectivity index (χ1) is 16.1. The number of rotatable bonds is 3. The number of allylic oxidation sites excluding steroid dienone is 1. The molecule has 1 fully saturated rings. The van der Waals surface area contributed by atoms with Gasteiger partial charge in [0.15, 0.2) is 5.82 Å². The van der Waals surface area contributed by atoms with E-state index >= 15 is 0 Å². The van der Waals surface area contributed by atoms with Crippen LogP contribution in [0.2, 0.25) is 0 Å². The highest BCUT2D eigenvalue weighted by Gasteiger charge is 2.42. The summed E-state index contributed by atoms with van der Waals surface area (Å²) in [4.78, 5) is 18.4. The fourth-order valence-electron chi connectivity index (χ4n) is 3.95. The quantitative estimate of drug-likeness (QED) is 0.466. The summed E-state index contributed by atoms with van der Waals surface area (Å²) in [6, 6.07) is 23.0. The van der Waals surface area contributed by atoms with Crippen molar-refractivity contribution in [3.05, 3.63) is 107 Å². The van der Waals surface area contributed by atoms with Crippen LogP contribution in [0.1, 0.15) is 16.7 Å². The lowest BCUT2D eigenvalue weighted by Crippen LogP contribution is -2.76. The van der Waals surface area contributed by atoms with E-state index in [0.717, 1.165) is 22.4 Å². The number of carbonyl (C=O) groups is 1. The maximum absolute atomic E-state index is 13.3. The largest absolute Gasteiger partial charge is 0.508 e. The molecule has 162 valence electrons. The van der Waals surface area contributed by atoms with Gasteiger partial charge in [0, 0.05) is 23.5 Å². The monoisotopic (exact) mass is 436 g/mol. The van der Waals surface area contributed by atoms with Crippen molar-refractivity contribution >= 4 is 11.6 Å². The molecule has 1 unspecified atom stereocenters. The number of amides is 1. The Kier molecular flexibility index (Phi) is 5.29. The Morgan fingerprint density at radius 3 is 2.27 bits per heavy atom. The molecule has 0 aromatic heterocycles. The van der Waals surface area contributed by atoms with Gasteiger partial charge >= 0.3 is 0 Å². The fraction of sp³-hybridized carbons (Fsp3) is 0.111. The van der Waals surface area contributed by atoms with Crippen molar-refractivity contribution in [3.8, 4) is 23.3 Å². The van der Waals surface area contributed by atoms with Crippen LogP contribution in [0, 0.1) is 11.8 Å². The van der Waals surface area contributed by atoms with Crippen LogP contribution in [0.4, 0.5) is 0 Å². The van der Waals surface area contributed by atoms with Gasteiger partial charge in [0.1, 0.15) is 24.1 Å². The lowest BCUT2D eigenvalue weighted by atomic mass is 10.1. The highest BCUT2D eigenvalue weighted by molar-refractivity contribution is 6.02. The molecule has 3 aromatic rings. The zero-order chi connectivity index (χ0) is 22.8. The molecule has 33 heavy (non-hydrogen) atoms. The first-order valence-electron chi connectivity index (χ1n) is 10.7. The van der Waals surface area contributed by atoms with Crippen LogP contribution < -0.4 is 10.3 Å². The first kappa shape index (κ1) is 20.4. The Labute approximate surface area is 191 Å². The molecule has 6 nitrogen and oxygen atoms in total. The number of hydrogen-bond donors (Lipinski definition) is 4. The van der Waals surface area contributed by atoms with Gasteiger partial charge in [0.25, 0.3) is 11.6 Å². The van der Waals surface area contributed by atoms with Crippen LogP contribution in [0.15, 0.2) is 90.4 Å². The summed E-state index contributed by atoms with van der Waals surface area (Å²) in [7, 11) is 0. The molecular formula is C27H22N3O3+. The van der Waals surface area contributed by atoms with Gasteiger partial charge in [-0.05, 0) is 54.1 Å². The van der Waals surface area contributed by atoms with E-state index < -0.39 is 6.04 Å². The van der Waals surface area contributed by atoms with Crippen LogP contribution in [0.25, 0.3) is 0 Å². The van der Waals surface area contributed by atoms with Crippen LogP contribution in [-0.2, 0) is 11.2 Å². The van der Waals surface area contributed by atoms with E-state index in [2.05, 4.69) is 22.2 Å². The van der Waals surface area contributed by atoms with Gasteiger partial charge in [-0.2, -0.15) is 4.99 Å². The molecule has 1 atom stereocenters. The Hall–Kier alpha value is -4.50. The highest BCUT2D eigenvalue weighted by Crippen LogP contribution is 2.22. The van der Waals surface area contributed by atoms with E-state index in [1.807, 2.05) is 54.6 Å². The number of aromatic hydroxyl groups is 2. The molecule has 2 aliphatic heterocycles. The average Bonchev–Trinajstić information content (AvgIpc) is 3.15. The summed E-state index contributed by atoms with van der Waals surface area (Å²) >= 11 is 0. The molecule has 0 aliphatic carbocycles. The van der Waals surface area contributed by atoms with Gasteiger partial charge in [0.2, 0.25) is 5.71 Å². The topological polar surface area (TPSA) is 86.8 Å². The van der Waals surface area contributed by atoms with Crippen LogP contribution in [0.3, 0.4) is 0 Å². The Balaban J connectivity index is 1.50. The van der Waals surface area contributed by atoms with E-state index in [1.54, 1.807) is 29.2 Å². The second kappa shape index (κ2) is 8.56. The maximum Gasteiger partial charge on any atom is 0.296 e. The number of nitrogens with one attached hydrogen (secondary N) is 2. The summed E-state index contributed by atoms with van der Waals surface area (Å²) in [5, 5.41) is 22.5. The predicted molar refractivity (Wildman–Crippen MR) is 124 cm³/mol. The number of nitrogens with zero attached hydrogens (tertiary/aromatic N) is 1. The van der Waals surface area contributed by atoms with Crippen molar-refractivity contribution < 1.29 is 20.0 Å². The van der Waals surface area contributed by atoms with Crippen molar-refractivity contribution in [3.63, 3.8) is 0 Å². The summed E-state index contributed by atoms with van der Waals surface area (Å²) in [5.74, 6) is 7.36. The molecule has 0 bridgehead atoms. The van der Waals surface area contributed by atoms with Crippen LogP contribution in [-0.4, -0.2) is 39.3 Å². The van der Waals surface area contributed by atoms with Gasteiger partial charge in [-0.1, -0.05) is 36.3 Å². The number of phenols is 2. The van der Waals surface area contributed by atoms with Gasteiger partial charge in [-0.15, -0.1) is 0 Å². The minimum absolute atomic E-state index is 0.0325. The second-order valence-electron chi connectivity index (χ2n) is 7.98. The zero-order valence-corrected chi connectivity index (χ0v) is 17.7. The van der Waals surface area contributed by atoms with Gasteiger partial charge in [0.05, 0.1) is 0 Å². The van der Waals surface area contributed by atoms with E-state index in [1.165, 1.54) is 0 Å². The SMILES string of the molecule is O=C1C(Cc2ccc(O)cc2)NC2=C(C#Cc3ccccc3)[NH+]=C(c3ccc(O)cc3)CN12. The summed E-state index contributed by atoms with van der Waals surface area (Å²) < 4.78 is 0. The number of benzene rings is 3. The number of fused-ring (bicyclic) bond motifs is 1. The lowest BCUT2D eigenvalue weighted by Gasteiger charge is -2.19. The Bertz CT molecular complexity index is 1320. The molecule has 5 rings (SSSR count). The van der Waals surface area contributed by atoms with Crippen LogP contribution in [0.5, 0.6) is 11.5 Å². The summed E-state index contributed by atoms with van der Waals surface area (Å²) in [6.45, 7) is 0.370. The number of phenolic OH excluding ortho intramolecular Hbond substituents is 2. The lowest BCUT2D eigenvalue weighted by molar-refractivity contribution is -0.395. The van der Waals surface area contributed by atoms with E-state index in [9.17, 15) is 15.0 Å². The highest BCUT2D eigenvalue weighted by atomic mass is 16.3. The van der Waals surface area contributed by atoms with Crippen molar-refractivity contribution in [2.24, 2.45) is 0 Å². The maximum atomic E-state index is 13.3. The van der Waals surface area contributed by atoms with E-state index in [4.69, 9.17) is 0 Å². The van der Waals surface area contributed by atoms with Crippen molar-refractivity contribution in [1.29, 1.82) is 0 Å². The van der Waals surface area contributed by atoms with Crippen LogP contribution >= 0.6 is 0 Å². The normalized spacial score (nSPS) is 17.1. The minimum Gasteiger partial charge on any atom is -0.508 e. The third-order valence-corrected chi connectivity index (χ3v) is 5.67. The van der Waals surface area contributed by atoms with Crippen molar-refractivity contribution in [1.82, 2.24) is 10.2 Å². The van der Waals surface area contributed by atoms with Crippen molar-refractivity contribution in [2.75, 3.05) is 6.54 Å². The number of hydrogen-bond acceptors (Lipinski definition) is 4. The molecule has 1 saturated heterocycles. The third-order valence-electron chi connectivity index (χ3n) is 5.67. The molecule has 0 radical (unpaired) electrons. The summed E-state index contributed by atoms with van der Waals surface area (Å²) in [6.07, 6.45) is 0.493. The molecule has 0 saturated carbocycles. The molecule has 6 heteroatoms. The minimum atomic E-state index is -0.431. The zero-order valence-electron chi connectivity index (χ0n) is 17.7. The van der Waals surface area contributed by atoms with Gasteiger partial charge in [-0.25, -0.2) is 0 Å². The number of carbonyl (C=O) groups excluding carboxylic acids is 1. The predicted octanol–water partition coefficient (Wildman–Crippen LogP) is 1.24. The smallest absolute Gasteiger partial charge is 0.296 e. The van der Waals surface area contributed by atoms with E-state index in [-0.39, 0.29) is 17.4 Å². The second-order valence-corrected chi connectivity index (χ2v) is 7.98. The molecule has 0 spiro atoms. The Morgan fingerprint density at radius 1 is 0.909 bits per heavy atom. The van der Waals surface area contributed by atoms with Crippen molar-refractivity contribution in [2.45, 2.75) is 12.5 Å². The third kappa shape index (κ3) is 4.30. The molecule has 4 N–H and O–H groups in total. The molecular weight excluding hydrogens is 414 g/mol. The Morgan fingerprint density at radius 2 is 1.58 bits per heavy atom. The molecule has 3 aromatic carbocycles. The fourth-order valence-corrected chi connectivity index (χ4v) is 3.95. The standard InChI is InChI=1S/C27H21N3O3/c31-21-11-6-19(7-12-21)16-24-27(33)30-17-25(20-9-13-22(32)14-10-20)28-23(26(30)29-24)15-8-18-4-2-1-3-5-18/h1-7,9-14,24,29,31-32H,16-17H2/p+1. The summed E-state index contributed by atoms with van der Waals surface area (Å²) in [5.41, 5.74) is 4.15. The molecule has 1 amide bonds. The van der Waals surface area contributed by atoms with Gasteiger partial charge < -0.3 is 15.5 Å². The van der Waals surface area contributed by atoms with Gasteiger partial charge in [-0.3, -0.25) is 9.69 Å². The molecule has 2 aliphatic rings.